The highest BCUT2D eigenvalue weighted by Crippen LogP contribution is 2.25. The molecule has 1 rings (SSSR count). The molecule has 0 saturated heterocycles. The second-order valence-electron chi connectivity index (χ2n) is 3.73. The fraction of sp³-hybridized carbons (Fsp3) is 0.455. The highest BCUT2D eigenvalue weighted by atomic mass is 35.5. The highest BCUT2D eigenvalue weighted by Gasteiger charge is 2.07. The highest BCUT2D eigenvalue weighted by molar-refractivity contribution is 7.90. The molecule has 0 atom stereocenters. The van der Waals surface area contributed by atoms with Crippen LogP contribution in [-0.4, -0.2) is 34.1 Å². The van der Waals surface area contributed by atoms with Crippen LogP contribution in [0.2, 0.25) is 5.02 Å². The molecule has 4 nitrogen and oxygen atoms in total. The predicted octanol–water partition coefficient (Wildman–Crippen LogP) is 1.48. The molecule has 0 radical (unpaired) electrons. The quantitative estimate of drug-likeness (QED) is 0.801. The van der Waals surface area contributed by atoms with Crippen molar-refractivity contribution in [2.75, 3.05) is 25.7 Å². The van der Waals surface area contributed by atoms with Crippen LogP contribution >= 0.6 is 11.6 Å². The Bertz CT molecular complexity index is 474. The zero-order valence-corrected chi connectivity index (χ0v) is 11.4. The van der Waals surface area contributed by atoms with Gasteiger partial charge in [-0.25, -0.2) is 8.42 Å². The van der Waals surface area contributed by atoms with Crippen molar-refractivity contribution in [3.8, 4) is 5.75 Å². The van der Waals surface area contributed by atoms with E-state index in [-0.39, 0.29) is 5.75 Å². The van der Waals surface area contributed by atoms with E-state index >= 15 is 0 Å². The van der Waals surface area contributed by atoms with Crippen LogP contribution in [-0.2, 0) is 16.4 Å². The monoisotopic (exact) mass is 277 g/mol. The third-order valence-electron chi connectivity index (χ3n) is 2.25. The molecule has 0 bridgehead atoms. The molecule has 0 aromatic heterocycles. The van der Waals surface area contributed by atoms with Crippen molar-refractivity contribution in [3.05, 3.63) is 28.8 Å². The van der Waals surface area contributed by atoms with E-state index in [0.717, 1.165) is 5.56 Å². The normalized spacial score (nSPS) is 11.5. The molecule has 0 fully saturated rings. The summed E-state index contributed by atoms with van der Waals surface area (Å²) in [6, 6.07) is 5.40. The van der Waals surface area contributed by atoms with Crippen molar-refractivity contribution in [2.45, 2.75) is 6.54 Å². The lowest BCUT2D eigenvalue weighted by Crippen LogP contribution is -2.22. The molecule has 0 saturated carbocycles. The van der Waals surface area contributed by atoms with E-state index in [0.29, 0.717) is 23.9 Å². The molecule has 1 N–H and O–H groups in total. The summed E-state index contributed by atoms with van der Waals surface area (Å²) < 4.78 is 27.1. The molecular weight excluding hydrogens is 262 g/mol. The van der Waals surface area contributed by atoms with Crippen molar-refractivity contribution in [2.24, 2.45) is 0 Å². The molecule has 0 amide bonds. The van der Waals surface area contributed by atoms with Gasteiger partial charge in [-0.2, -0.15) is 0 Å². The number of ether oxygens (including phenoxy) is 1. The summed E-state index contributed by atoms with van der Waals surface area (Å²) in [5, 5.41) is 3.64. The SMILES string of the molecule is COc1cccc(Cl)c1CNCCS(C)(=O)=O. The Hall–Kier alpha value is -0.780. The molecule has 0 heterocycles. The first kappa shape index (κ1) is 14.3. The van der Waals surface area contributed by atoms with Gasteiger partial charge in [-0.05, 0) is 12.1 Å². The lowest BCUT2D eigenvalue weighted by Gasteiger charge is -2.11. The van der Waals surface area contributed by atoms with E-state index in [1.165, 1.54) is 6.26 Å². The van der Waals surface area contributed by atoms with E-state index in [2.05, 4.69) is 5.32 Å². The minimum Gasteiger partial charge on any atom is -0.496 e. The summed E-state index contributed by atoms with van der Waals surface area (Å²) in [6.07, 6.45) is 1.21. The number of nitrogens with one attached hydrogen (secondary N) is 1. The summed E-state index contributed by atoms with van der Waals surface area (Å²) in [4.78, 5) is 0. The van der Waals surface area contributed by atoms with E-state index in [4.69, 9.17) is 16.3 Å². The zero-order valence-electron chi connectivity index (χ0n) is 9.86. The molecule has 0 aliphatic carbocycles. The van der Waals surface area contributed by atoms with Crippen molar-refractivity contribution >= 4 is 21.4 Å². The van der Waals surface area contributed by atoms with E-state index < -0.39 is 9.84 Å². The van der Waals surface area contributed by atoms with Crippen molar-refractivity contribution in [1.82, 2.24) is 5.32 Å². The van der Waals surface area contributed by atoms with Gasteiger partial charge in [-0.15, -0.1) is 0 Å². The fourth-order valence-corrected chi connectivity index (χ4v) is 2.12. The van der Waals surface area contributed by atoms with Gasteiger partial charge >= 0.3 is 0 Å². The first-order valence-electron chi connectivity index (χ1n) is 5.14. The van der Waals surface area contributed by atoms with Crippen LogP contribution in [0.3, 0.4) is 0 Å². The van der Waals surface area contributed by atoms with Crippen LogP contribution < -0.4 is 10.1 Å². The van der Waals surface area contributed by atoms with Gasteiger partial charge in [0.05, 0.1) is 12.9 Å². The van der Waals surface area contributed by atoms with Gasteiger partial charge < -0.3 is 10.1 Å². The topological polar surface area (TPSA) is 55.4 Å². The van der Waals surface area contributed by atoms with Crippen LogP contribution in [0.25, 0.3) is 0 Å². The molecule has 96 valence electrons. The zero-order chi connectivity index (χ0) is 12.9. The maximum Gasteiger partial charge on any atom is 0.148 e. The van der Waals surface area contributed by atoms with Gasteiger partial charge in [-0.3, -0.25) is 0 Å². The van der Waals surface area contributed by atoms with Crippen LogP contribution in [0.5, 0.6) is 5.75 Å². The lowest BCUT2D eigenvalue weighted by molar-refractivity contribution is 0.408. The number of rotatable bonds is 6. The summed E-state index contributed by atoms with van der Waals surface area (Å²) in [7, 11) is -1.36. The van der Waals surface area contributed by atoms with Crippen molar-refractivity contribution in [3.63, 3.8) is 0 Å². The van der Waals surface area contributed by atoms with Gasteiger partial charge in [0, 0.05) is 29.9 Å². The smallest absolute Gasteiger partial charge is 0.148 e. The van der Waals surface area contributed by atoms with E-state index in [1.54, 1.807) is 19.2 Å². The molecule has 0 aliphatic rings. The van der Waals surface area contributed by atoms with E-state index in [9.17, 15) is 8.42 Å². The summed E-state index contributed by atoms with van der Waals surface area (Å²) in [6.45, 7) is 0.881. The van der Waals surface area contributed by atoms with Crippen molar-refractivity contribution in [1.29, 1.82) is 0 Å². The Kier molecular flexibility index (Phi) is 5.24. The second kappa shape index (κ2) is 6.23. The molecule has 6 heteroatoms. The number of hydrogen-bond acceptors (Lipinski definition) is 4. The Labute approximate surface area is 107 Å². The largest absolute Gasteiger partial charge is 0.496 e. The maximum atomic E-state index is 10.9. The van der Waals surface area contributed by atoms with Gasteiger partial charge in [0.25, 0.3) is 0 Å². The molecular formula is C11H16ClNO3S. The van der Waals surface area contributed by atoms with Crippen molar-refractivity contribution < 1.29 is 13.2 Å². The molecule has 0 spiro atoms. The average Bonchev–Trinajstić information content (AvgIpc) is 2.24. The Morgan fingerprint density at radius 2 is 2.12 bits per heavy atom. The Balaban J connectivity index is 2.57. The maximum absolute atomic E-state index is 10.9. The third-order valence-corrected chi connectivity index (χ3v) is 3.55. The van der Waals surface area contributed by atoms with Crippen LogP contribution in [0, 0.1) is 0 Å². The first-order valence-corrected chi connectivity index (χ1v) is 7.57. The summed E-state index contributed by atoms with van der Waals surface area (Å²) in [5.41, 5.74) is 0.838. The number of halogens is 1. The number of benzene rings is 1. The fourth-order valence-electron chi connectivity index (χ4n) is 1.37. The lowest BCUT2D eigenvalue weighted by atomic mass is 10.2. The average molecular weight is 278 g/mol. The van der Waals surface area contributed by atoms with Gasteiger partial charge in [0.2, 0.25) is 0 Å². The second-order valence-corrected chi connectivity index (χ2v) is 6.39. The minimum absolute atomic E-state index is 0.111. The minimum atomic E-state index is -2.93. The Morgan fingerprint density at radius 1 is 1.41 bits per heavy atom. The predicted molar refractivity (Wildman–Crippen MR) is 69.4 cm³/mol. The summed E-state index contributed by atoms with van der Waals surface area (Å²) in [5.74, 6) is 0.809. The van der Waals surface area contributed by atoms with Crippen LogP contribution in [0.15, 0.2) is 18.2 Å². The molecule has 1 aromatic rings. The van der Waals surface area contributed by atoms with E-state index in [1.807, 2.05) is 6.07 Å². The van der Waals surface area contributed by atoms with Gasteiger partial charge in [-0.1, -0.05) is 17.7 Å². The number of sulfone groups is 1. The van der Waals surface area contributed by atoms with Gasteiger partial charge in [0.15, 0.2) is 0 Å². The molecule has 0 aliphatic heterocycles. The molecule has 0 unspecified atom stereocenters. The molecule has 1 aromatic carbocycles. The third kappa shape index (κ3) is 4.93. The Morgan fingerprint density at radius 3 is 2.71 bits per heavy atom. The van der Waals surface area contributed by atoms with Crippen LogP contribution in [0.4, 0.5) is 0 Å². The summed E-state index contributed by atoms with van der Waals surface area (Å²) >= 11 is 6.04. The first-order chi connectivity index (χ1) is 7.94. The standard InChI is InChI=1S/C11H16ClNO3S/c1-16-11-5-3-4-10(12)9(11)8-13-6-7-17(2,14)15/h3-5,13H,6-8H2,1-2H3. The number of methoxy groups -OCH3 is 1. The van der Waals surface area contributed by atoms with Gasteiger partial charge in [0.1, 0.15) is 15.6 Å². The van der Waals surface area contributed by atoms with Crippen LogP contribution in [0.1, 0.15) is 5.56 Å². The molecule has 17 heavy (non-hydrogen) atoms. The number of hydrogen-bond donors (Lipinski definition) is 1.